The number of hydrogen-bond donors (Lipinski definition) is 3. The van der Waals surface area contributed by atoms with Gasteiger partial charge in [-0.1, -0.05) is 0 Å². The number of nitrogens with one attached hydrogen (secondary N) is 1. The number of nitrogen functional groups attached to an aromatic ring is 2. The van der Waals surface area contributed by atoms with Gasteiger partial charge in [-0.2, -0.15) is 0 Å². The van der Waals surface area contributed by atoms with Crippen LogP contribution in [0.15, 0.2) is 36.7 Å². The van der Waals surface area contributed by atoms with E-state index in [9.17, 15) is 17.2 Å². The van der Waals surface area contributed by atoms with Crippen LogP contribution < -0.4 is 20.9 Å². The van der Waals surface area contributed by atoms with Crippen molar-refractivity contribution in [3.63, 3.8) is 0 Å². The molecule has 0 aliphatic rings. The molecule has 4 aromatic rings. The normalized spacial score (nSPS) is 11.6. The first-order valence-corrected chi connectivity index (χ1v) is 12.1. The van der Waals surface area contributed by atoms with Gasteiger partial charge in [0, 0.05) is 17.8 Å². The van der Waals surface area contributed by atoms with Crippen LogP contribution in [0.25, 0.3) is 33.4 Å². The maximum Gasteiger partial charge on any atom is 0.232 e. The number of fused-ring (bicyclic) bond motifs is 1. The molecule has 36 heavy (non-hydrogen) atoms. The van der Waals surface area contributed by atoms with Crippen molar-refractivity contribution in [3.05, 3.63) is 48.3 Å². The van der Waals surface area contributed by atoms with Crippen LogP contribution >= 0.6 is 0 Å². The molecule has 5 N–H and O–H groups in total. The van der Waals surface area contributed by atoms with E-state index >= 15 is 4.39 Å². The Kier molecular flexibility index (Phi) is 6.79. The molecule has 14 heteroatoms. The van der Waals surface area contributed by atoms with Crippen molar-refractivity contribution in [1.29, 1.82) is 0 Å². The number of halogens is 3. The third-order valence-corrected chi connectivity index (χ3v) is 6.49. The minimum Gasteiger partial charge on any atom is -0.494 e. The van der Waals surface area contributed by atoms with Gasteiger partial charge in [-0.15, -0.1) is 0 Å². The van der Waals surface area contributed by atoms with Gasteiger partial charge in [-0.05, 0) is 36.2 Å². The van der Waals surface area contributed by atoms with Crippen LogP contribution in [0.4, 0.5) is 30.6 Å². The van der Waals surface area contributed by atoms with Gasteiger partial charge < -0.3 is 16.2 Å². The maximum atomic E-state index is 15.4. The summed E-state index contributed by atoms with van der Waals surface area (Å²) in [6.07, 6.45) is 2.56. The number of rotatable bonds is 8. The summed E-state index contributed by atoms with van der Waals surface area (Å²) in [4.78, 5) is 16.5. The Labute approximate surface area is 203 Å². The molecule has 0 amide bonds. The predicted molar refractivity (Wildman–Crippen MR) is 129 cm³/mol. The molecule has 0 bridgehead atoms. The fourth-order valence-electron chi connectivity index (χ4n) is 3.47. The van der Waals surface area contributed by atoms with E-state index in [1.807, 2.05) is 4.72 Å². The molecule has 2 aromatic carbocycles. The highest BCUT2D eigenvalue weighted by molar-refractivity contribution is 7.92. The molecule has 188 valence electrons. The Morgan fingerprint density at radius 1 is 1.06 bits per heavy atom. The summed E-state index contributed by atoms with van der Waals surface area (Å²) in [6, 6.07) is 4.55. The third kappa shape index (κ3) is 4.93. The number of benzene rings is 2. The quantitative estimate of drug-likeness (QED) is 0.317. The summed E-state index contributed by atoms with van der Waals surface area (Å²) in [5.41, 5.74) is 11.3. The van der Waals surface area contributed by atoms with Crippen LogP contribution in [-0.4, -0.2) is 47.9 Å². The van der Waals surface area contributed by atoms with Gasteiger partial charge in [0.2, 0.25) is 16.0 Å². The largest absolute Gasteiger partial charge is 0.494 e. The molecule has 10 nitrogen and oxygen atoms in total. The molecule has 0 radical (unpaired) electrons. The zero-order valence-corrected chi connectivity index (χ0v) is 19.6. The van der Waals surface area contributed by atoms with E-state index in [2.05, 4.69) is 19.9 Å². The summed E-state index contributed by atoms with van der Waals surface area (Å²) in [7, 11) is -2.72. The molecular formula is C22H20F3N7O3S. The van der Waals surface area contributed by atoms with E-state index in [0.29, 0.717) is 5.56 Å². The fourth-order valence-corrected chi connectivity index (χ4v) is 4.55. The van der Waals surface area contributed by atoms with Crippen LogP contribution in [0.1, 0.15) is 6.42 Å². The molecule has 0 unspecified atom stereocenters. The third-order valence-electron chi connectivity index (χ3n) is 5.14. The number of ether oxygens (including phenoxy) is 1. The monoisotopic (exact) mass is 519 g/mol. The molecule has 0 saturated heterocycles. The fraction of sp³-hybridized carbons (Fsp3) is 0.182. The minimum absolute atomic E-state index is 0.00183. The number of aromatic nitrogens is 4. The molecule has 0 atom stereocenters. The lowest BCUT2D eigenvalue weighted by molar-refractivity contribution is 0.419. The zero-order chi connectivity index (χ0) is 26.0. The van der Waals surface area contributed by atoms with Gasteiger partial charge in [-0.25, -0.2) is 37.1 Å². The first-order valence-electron chi connectivity index (χ1n) is 10.4. The molecule has 0 saturated carbocycles. The van der Waals surface area contributed by atoms with Crippen LogP contribution in [-0.2, 0) is 10.0 Å². The summed E-state index contributed by atoms with van der Waals surface area (Å²) in [5, 5.41) is 0.234. The first-order chi connectivity index (χ1) is 17.1. The number of sulfonamides is 1. The van der Waals surface area contributed by atoms with Gasteiger partial charge in [0.1, 0.15) is 22.9 Å². The van der Waals surface area contributed by atoms with Crippen LogP contribution in [0, 0.1) is 11.6 Å². The van der Waals surface area contributed by atoms with Gasteiger partial charge in [0.15, 0.2) is 11.6 Å². The number of hydrogen-bond acceptors (Lipinski definition) is 9. The highest BCUT2D eigenvalue weighted by Crippen LogP contribution is 2.38. The number of anilines is 3. The zero-order valence-electron chi connectivity index (χ0n) is 18.8. The van der Waals surface area contributed by atoms with E-state index in [4.69, 9.17) is 16.2 Å². The Morgan fingerprint density at radius 3 is 2.44 bits per heavy atom. The number of alkyl halides is 1. The Hall–Kier alpha value is -4.20. The smallest absolute Gasteiger partial charge is 0.232 e. The lowest BCUT2D eigenvalue weighted by atomic mass is 10.0. The molecule has 0 aliphatic carbocycles. The van der Waals surface area contributed by atoms with Crippen molar-refractivity contribution in [2.24, 2.45) is 0 Å². The van der Waals surface area contributed by atoms with Crippen molar-refractivity contribution >= 4 is 38.4 Å². The Morgan fingerprint density at radius 2 is 1.78 bits per heavy atom. The van der Waals surface area contributed by atoms with Gasteiger partial charge >= 0.3 is 0 Å². The second-order valence-electron chi connectivity index (χ2n) is 7.58. The number of nitrogens with zero attached hydrogens (tertiary/aromatic N) is 4. The molecule has 0 fully saturated rings. The standard InChI is InChI=1S/C22H20F3N7O3S/c1-35-16-8-11(17-14(24)3-4-15(18(17)25)32-36(33,34)6-2-5-23)7-13-19(16)30-21(31-20(13)26)12-9-28-22(27)29-10-12/h3-4,7-10,32H,2,5-6H2,1H3,(H2,26,30,31)(H2,27,28,29). The summed E-state index contributed by atoms with van der Waals surface area (Å²) < 4.78 is 74.2. The van der Waals surface area contributed by atoms with E-state index in [1.165, 1.54) is 31.6 Å². The number of methoxy groups -OCH3 is 1. The van der Waals surface area contributed by atoms with Crippen molar-refractivity contribution in [2.75, 3.05) is 35.7 Å². The van der Waals surface area contributed by atoms with Crippen LogP contribution in [0.3, 0.4) is 0 Å². The minimum atomic E-state index is -4.05. The average molecular weight is 520 g/mol. The predicted octanol–water partition coefficient (Wildman–Crippen LogP) is 3.31. The van der Waals surface area contributed by atoms with Crippen molar-refractivity contribution in [2.45, 2.75) is 6.42 Å². The summed E-state index contributed by atoms with van der Waals surface area (Å²) in [5.74, 6) is -2.35. The highest BCUT2D eigenvalue weighted by atomic mass is 32.2. The van der Waals surface area contributed by atoms with Crippen LogP contribution in [0.5, 0.6) is 5.75 Å². The average Bonchev–Trinajstić information content (AvgIpc) is 2.85. The maximum absolute atomic E-state index is 15.4. The molecule has 2 aromatic heterocycles. The second-order valence-corrected chi connectivity index (χ2v) is 9.43. The van der Waals surface area contributed by atoms with E-state index < -0.39 is 45.3 Å². The lowest BCUT2D eigenvalue weighted by Crippen LogP contribution is -2.18. The summed E-state index contributed by atoms with van der Waals surface area (Å²) in [6.45, 7) is -0.856. The van der Waals surface area contributed by atoms with Crippen molar-refractivity contribution in [3.8, 4) is 28.3 Å². The highest BCUT2D eigenvalue weighted by Gasteiger charge is 2.22. The van der Waals surface area contributed by atoms with E-state index in [-0.39, 0.29) is 46.2 Å². The summed E-state index contributed by atoms with van der Waals surface area (Å²) >= 11 is 0. The van der Waals surface area contributed by atoms with Crippen molar-refractivity contribution < 1.29 is 26.3 Å². The second kappa shape index (κ2) is 9.81. The molecular weight excluding hydrogens is 499 g/mol. The van der Waals surface area contributed by atoms with Crippen LogP contribution in [0.2, 0.25) is 0 Å². The Balaban J connectivity index is 1.85. The van der Waals surface area contributed by atoms with E-state index in [0.717, 1.165) is 12.1 Å². The lowest BCUT2D eigenvalue weighted by Gasteiger charge is -2.15. The molecule has 2 heterocycles. The number of nitrogens with two attached hydrogens (primary N) is 2. The topological polar surface area (TPSA) is 159 Å². The first kappa shape index (κ1) is 24.9. The molecule has 0 spiro atoms. The van der Waals surface area contributed by atoms with Crippen molar-refractivity contribution in [1.82, 2.24) is 19.9 Å². The van der Waals surface area contributed by atoms with E-state index in [1.54, 1.807) is 0 Å². The van der Waals surface area contributed by atoms with Gasteiger partial charge in [0.05, 0.1) is 36.4 Å². The Bertz CT molecular complexity index is 1550. The molecule has 4 rings (SSSR count). The van der Waals surface area contributed by atoms with Gasteiger partial charge in [0.25, 0.3) is 0 Å². The molecule has 0 aliphatic heterocycles. The SMILES string of the molecule is COc1cc(-c2c(F)ccc(NS(=O)(=O)CCCF)c2F)cc2c(N)nc(-c3cnc(N)nc3)nc12. The van der Waals surface area contributed by atoms with Gasteiger partial charge in [-0.3, -0.25) is 9.11 Å².